The quantitative estimate of drug-likeness (QED) is 0.578. The van der Waals surface area contributed by atoms with Gasteiger partial charge in [-0.15, -0.1) is 0 Å². The highest BCUT2D eigenvalue weighted by Gasteiger charge is 2.08. The number of nitrogens with zero attached hydrogens (tertiary/aromatic N) is 1. The van der Waals surface area contributed by atoms with Gasteiger partial charge in [-0.3, -0.25) is 4.79 Å². The van der Waals surface area contributed by atoms with Gasteiger partial charge in [0, 0.05) is 12.8 Å². The topological polar surface area (TPSA) is 50.1 Å². The third-order valence-corrected chi connectivity index (χ3v) is 1.26. The molecule has 62 valence electrons. The monoisotopic (exact) mass is 155 g/mol. The molecule has 0 rings (SSSR count). The van der Waals surface area contributed by atoms with Crippen LogP contribution < -0.4 is 0 Å². The summed E-state index contributed by atoms with van der Waals surface area (Å²) in [7, 11) is 0. The molecule has 0 N–H and O–H groups in total. The van der Waals surface area contributed by atoms with Crippen LogP contribution >= 0.6 is 0 Å². The smallest absolute Gasteiger partial charge is 0.306 e. The zero-order valence-corrected chi connectivity index (χ0v) is 6.96. The molecule has 0 heterocycles. The number of rotatable bonds is 4. The molecule has 0 fully saturated rings. The molecule has 0 aliphatic rings. The number of esters is 1. The van der Waals surface area contributed by atoms with E-state index in [1.807, 2.05) is 13.0 Å². The minimum Gasteiger partial charge on any atom is -0.466 e. The second-order valence-corrected chi connectivity index (χ2v) is 2.48. The van der Waals surface area contributed by atoms with Gasteiger partial charge in [0.2, 0.25) is 0 Å². The molecule has 0 spiro atoms. The summed E-state index contributed by atoms with van der Waals surface area (Å²) in [6.07, 6.45) is 0.764. The molecule has 1 unspecified atom stereocenters. The predicted molar refractivity (Wildman–Crippen MR) is 40.6 cm³/mol. The van der Waals surface area contributed by atoms with Crippen molar-refractivity contribution in [1.29, 1.82) is 5.26 Å². The van der Waals surface area contributed by atoms with Crippen LogP contribution in [0.3, 0.4) is 0 Å². The van der Waals surface area contributed by atoms with Crippen LogP contribution in [0.2, 0.25) is 0 Å². The molecule has 11 heavy (non-hydrogen) atoms. The Labute approximate surface area is 67.0 Å². The number of ether oxygens (including phenoxy) is 1. The molecule has 0 amide bonds. The van der Waals surface area contributed by atoms with E-state index in [1.54, 1.807) is 6.92 Å². The van der Waals surface area contributed by atoms with E-state index >= 15 is 0 Å². The Morgan fingerprint density at radius 2 is 2.36 bits per heavy atom. The number of carbonyl (C=O) groups is 1. The van der Waals surface area contributed by atoms with Crippen LogP contribution in [0.15, 0.2) is 0 Å². The van der Waals surface area contributed by atoms with Crippen LogP contribution in [0.4, 0.5) is 0 Å². The Hall–Kier alpha value is -1.04. The highest BCUT2D eigenvalue weighted by molar-refractivity contribution is 5.69. The third kappa shape index (κ3) is 5.41. The molecule has 3 heteroatoms. The van der Waals surface area contributed by atoms with Crippen molar-refractivity contribution in [3.8, 4) is 6.07 Å². The number of hydrogen-bond acceptors (Lipinski definition) is 3. The molecule has 0 radical (unpaired) electrons. The molecular weight excluding hydrogens is 142 g/mol. The van der Waals surface area contributed by atoms with E-state index < -0.39 is 0 Å². The second kappa shape index (κ2) is 5.72. The van der Waals surface area contributed by atoms with E-state index in [4.69, 9.17) is 10.00 Å². The van der Waals surface area contributed by atoms with Gasteiger partial charge < -0.3 is 4.74 Å². The summed E-state index contributed by atoms with van der Waals surface area (Å²) in [5, 5.41) is 8.28. The first-order valence-corrected chi connectivity index (χ1v) is 3.73. The lowest BCUT2D eigenvalue weighted by atomic mass is 10.1. The fourth-order valence-corrected chi connectivity index (χ4v) is 0.732. The summed E-state index contributed by atoms with van der Waals surface area (Å²) in [5.74, 6) is -0.103. The summed E-state index contributed by atoms with van der Waals surface area (Å²) in [5.41, 5.74) is 0. The highest BCUT2D eigenvalue weighted by atomic mass is 16.5. The summed E-state index contributed by atoms with van der Waals surface area (Å²) < 4.78 is 4.71. The van der Waals surface area contributed by atoms with Gasteiger partial charge in [-0.2, -0.15) is 5.26 Å². The van der Waals surface area contributed by atoms with Crippen LogP contribution in [0.1, 0.15) is 26.7 Å². The molecule has 0 aromatic carbocycles. The van der Waals surface area contributed by atoms with Crippen molar-refractivity contribution in [3.05, 3.63) is 0 Å². The molecule has 0 bridgehead atoms. The maximum atomic E-state index is 10.8. The first kappa shape index (κ1) is 9.96. The van der Waals surface area contributed by atoms with Gasteiger partial charge in [0.25, 0.3) is 0 Å². The van der Waals surface area contributed by atoms with Crippen molar-refractivity contribution in [1.82, 2.24) is 0 Å². The molecule has 0 saturated carbocycles. The largest absolute Gasteiger partial charge is 0.466 e. The first-order valence-electron chi connectivity index (χ1n) is 3.73. The van der Waals surface area contributed by atoms with Crippen molar-refractivity contribution in [2.75, 3.05) is 6.61 Å². The Morgan fingerprint density at radius 1 is 1.73 bits per heavy atom. The Morgan fingerprint density at radius 3 is 2.82 bits per heavy atom. The minimum absolute atomic E-state index is 0.110. The minimum atomic E-state index is -0.213. The van der Waals surface area contributed by atoms with Crippen LogP contribution in [-0.4, -0.2) is 12.6 Å². The lowest BCUT2D eigenvalue weighted by Crippen LogP contribution is -2.08. The molecule has 0 aromatic rings. The van der Waals surface area contributed by atoms with E-state index in [0.717, 1.165) is 0 Å². The molecular formula is C8H13NO2. The standard InChI is InChI=1S/C8H13NO2/c1-3-11-8(10)6-7(2)4-5-9/h7H,3-4,6H2,1-2H3. The lowest BCUT2D eigenvalue weighted by Gasteiger charge is -2.04. The van der Waals surface area contributed by atoms with Crippen molar-refractivity contribution < 1.29 is 9.53 Å². The van der Waals surface area contributed by atoms with E-state index in [2.05, 4.69) is 0 Å². The predicted octanol–water partition coefficient (Wildman–Crippen LogP) is 1.49. The van der Waals surface area contributed by atoms with Gasteiger partial charge in [0.15, 0.2) is 0 Å². The number of nitriles is 1. The van der Waals surface area contributed by atoms with Crippen LogP contribution in [0.25, 0.3) is 0 Å². The van der Waals surface area contributed by atoms with Gasteiger partial charge in [0.1, 0.15) is 0 Å². The van der Waals surface area contributed by atoms with Crippen molar-refractivity contribution in [3.63, 3.8) is 0 Å². The fraction of sp³-hybridized carbons (Fsp3) is 0.750. The van der Waals surface area contributed by atoms with Crippen molar-refractivity contribution in [2.24, 2.45) is 5.92 Å². The number of hydrogen-bond donors (Lipinski definition) is 0. The highest BCUT2D eigenvalue weighted by Crippen LogP contribution is 2.06. The van der Waals surface area contributed by atoms with Gasteiger partial charge in [-0.25, -0.2) is 0 Å². The first-order chi connectivity index (χ1) is 5.20. The molecule has 0 saturated heterocycles. The Bertz CT molecular complexity index is 160. The third-order valence-electron chi connectivity index (χ3n) is 1.26. The average Bonchev–Trinajstić information content (AvgIpc) is 1.87. The molecule has 1 atom stereocenters. The lowest BCUT2D eigenvalue weighted by molar-refractivity contribution is -0.144. The van der Waals surface area contributed by atoms with E-state index in [9.17, 15) is 4.79 Å². The fourth-order valence-electron chi connectivity index (χ4n) is 0.732. The average molecular weight is 155 g/mol. The van der Waals surface area contributed by atoms with E-state index in [-0.39, 0.29) is 11.9 Å². The van der Waals surface area contributed by atoms with Crippen LogP contribution in [0.5, 0.6) is 0 Å². The molecule has 0 aromatic heterocycles. The summed E-state index contributed by atoms with van der Waals surface area (Å²) in [6, 6.07) is 2.01. The maximum absolute atomic E-state index is 10.8. The van der Waals surface area contributed by atoms with Crippen molar-refractivity contribution >= 4 is 5.97 Å². The van der Waals surface area contributed by atoms with Crippen molar-refractivity contribution in [2.45, 2.75) is 26.7 Å². The van der Waals surface area contributed by atoms with Crippen LogP contribution in [-0.2, 0) is 9.53 Å². The molecule has 0 aliphatic heterocycles. The van der Waals surface area contributed by atoms with Gasteiger partial charge in [-0.1, -0.05) is 6.92 Å². The Balaban J connectivity index is 3.50. The second-order valence-electron chi connectivity index (χ2n) is 2.48. The number of carbonyl (C=O) groups excluding carboxylic acids is 1. The normalized spacial score (nSPS) is 11.7. The van der Waals surface area contributed by atoms with E-state index in [0.29, 0.717) is 19.4 Å². The SMILES string of the molecule is CCOC(=O)CC(C)CC#N. The molecule has 0 aliphatic carbocycles. The summed E-state index contributed by atoms with van der Waals surface area (Å²) in [6.45, 7) is 4.05. The zero-order chi connectivity index (χ0) is 8.69. The summed E-state index contributed by atoms with van der Waals surface area (Å²) in [4.78, 5) is 10.8. The maximum Gasteiger partial charge on any atom is 0.306 e. The summed E-state index contributed by atoms with van der Waals surface area (Å²) >= 11 is 0. The van der Waals surface area contributed by atoms with Crippen LogP contribution in [0, 0.1) is 17.2 Å². The van der Waals surface area contributed by atoms with E-state index in [1.165, 1.54) is 0 Å². The zero-order valence-electron chi connectivity index (χ0n) is 6.96. The van der Waals surface area contributed by atoms with Gasteiger partial charge >= 0.3 is 5.97 Å². The Kier molecular flexibility index (Phi) is 5.18. The van der Waals surface area contributed by atoms with Gasteiger partial charge in [-0.05, 0) is 12.8 Å². The molecule has 3 nitrogen and oxygen atoms in total. The van der Waals surface area contributed by atoms with Gasteiger partial charge in [0.05, 0.1) is 12.7 Å².